The average Bonchev–Trinajstić information content (AvgIpc) is 2.13. The normalized spacial score (nSPS) is 15.1. The zero-order valence-electron chi connectivity index (χ0n) is 9.30. The van der Waals surface area contributed by atoms with Gasteiger partial charge in [-0.25, -0.2) is 0 Å². The molecule has 0 aromatic carbocycles. The zero-order valence-corrected chi connectivity index (χ0v) is 9.30. The van der Waals surface area contributed by atoms with Crippen molar-refractivity contribution in [3.63, 3.8) is 0 Å². The Kier molecular flexibility index (Phi) is 6.49. The molecule has 1 unspecified atom stereocenters. The van der Waals surface area contributed by atoms with Crippen LogP contribution in [0.5, 0.6) is 0 Å². The van der Waals surface area contributed by atoms with Crippen molar-refractivity contribution in [3.05, 3.63) is 0 Å². The summed E-state index contributed by atoms with van der Waals surface area (Å²) >= 11 is 0. The monoisotopic (exact) mass is 203 g/mol. The van der Waals surface area contributed by atoms with Crippen molar-refractivity contribution in [2.24, 2.45) is 0 Å². The van der Waals surface area contributed by atoms with Crippen molar-refractivity contribution >= 4 is 5.97 Å². The smallest absolute Gasteiger partial charge is 0.323 e. The van der Waals surface area contributed by atoms with Gasteiger partial charge in [-0.2, -0.15) is 0 Å². The van der Waals surface area contributed by atoms with E-state index in [1.54, 1.807) is 14.0 Å². The lowest BCUT2D eigenvalue weighted by Crippen LogP contribution is -2.49. The number of carbonyl (C=O) groups is 1. The topological polar surface area (TPSA) is 58.6 Å². The van der Waals surface area contributed by atoms with Gasteiger partial charge in [-0.15, -0.1) is 0 Å². The number of ether oxygens (including phenoxy) is 1. The molecule has 0 bridgehead atoms. The summed E-state index contributed by atoms with van der Waals surface area (Å²) in [4.78, 5) is 11.0. The van der Waals surface area contributed by atoms with Gasteiger partial charge in [0.05, 0.1) is 0 Å². The molecule has 0 rings (SSSR count). The van der Waals surface area contributed by atoms with Crippen LogP contribution in [0.1, 0.15) is 33.1 Å². The van der Waals surface area contributed by atoms with Crippen molar-refractivity contribution in [2.45, 2.75) is 38.6 Å². The van der Waals surface area contributed by atoms with E-state index in [0.717, 1.165) is 12.8 Å². The molecule has 0 spiro atoms. The van der Waals surface area contributed by atoms with Gasteiger partial charge in [-0.3, -0.25) is 4.79 Å². The molecule has 0 fully saturated rings. The number of carboxylic acid groups (broad SMARTS) is 1. The number of hydrogen-bond acceptors (Lipinski definition) is 3. The lowest BCUT2D eigenvalue weighted by molar-refractivity contribution is -0.144. The molecule has 0 aliphatic carbocycles. The largest absolute Gasteiger partial charge is 0.480 e. The van der Waals surface area contributed by atoms with Crippen LogP contribution in [0, 0.1) is 0 Å². The molecule has 84 valence electrons. The fourth-order valence-electron chi connectivity index (χ4n) is 1.35. The fourth-order valence-corrected chi connectivity index (χ4v) is 1.35. The molecule has 0 aromatic rings. The van der Waals surface area contributed by atoms with Gasteiger partial charge in [-0.05, 0) is 26.3 Å². The first-order valence-corrected chi connectivity index (χ1v) is 5.04. The first-order chi connectivity index (χ1) is 6.56. The van der Waals surface area contributed by atoms with E-state index in [1.165, 1.54) is 0 Å². The van der Waals surface area contributed by atoms with E-state index in [-0.39, 0.29) is 0 Å². The van der Waals surface area contributed by atoms with Crippen LogP contribution in [-0.4, -0.2) is 36.9 Å². The molecular weight excluding hydrogens is 182 g/mol. The van der Waals surface area contributed by atoms with E-state index in [1.807, 2.05) is 6.92 Å². The van der Waals surface area contributed by atoms with Crippen LogP contribution in [0.25, 0.3) is 0 Å². The SMILES string of the molecule is CCCC(C)(NCCCOC)C(=O)O. The summed E-state index contributed by atoms with van der Waals surface area (Å²) in [5.41, 5.74) is -0.789. The molecule has 2 N–H and O–H groups in total. The van der Waals surface area contributed by atoms with Crippen LogP contribution >= 0.6 is 0 Å². The van der Waals surface area contributed by atoms with Crippen LogP contribution in [0.3, 0.4) is 0 Å². The second-order valence-corrected chi connectivity index (χ2v) is 3.66. The van der Waals surface area contributed by atoms with Gasteiger partial charge in [0.15, 0.2) is 0 Å². The Morgan fingerprint density at radius 1 is 1.57 bits per heavy atom. The van der Waals surface area contributed by atoms with Gasteiger partial charge < -0.3 is 15.2 Å². The summed E-state index contributed by atoms with van der Waals surface area (Å²) in [5, 5.41) is 12.1. The summed E-state index contributed by atoms with van der Waals surface area (Å²) in [6.45, 7) is 5.05. The van der Waals surface area contributed by atoms with Crippen LogP contribution in [0.4, 0.5) is 0 Å². The van der Waals surface area contributed by atoms with Gasteiger partial charge in [0.1, 0.15) is 5.54 Å². The van der Waals surface area contributed by atoms with Gasteiger partial charge in [0, 0.05) is 13.7 Å². The first-order valence-electron chi connectivity index (χ1n) is 5.04. The molecule has 0 amide bonds. The predicted molar refractivity (Wildman–Crippen MR) is 55.4 cm³/mol. The fraction of sp³-hybridized carbons (Fsp3) is 0.900. The highest BCUT2D eigenvalue weighted by molar-refractivity contribution is 5.78. The van der Waals surface area contributed by atoms with Crippen LogP contribution < -0.4 is 5.32 Å². The molecular formula is C10H21NO3. The molecule has 0 aliphatic rings. The molecule has 14 heavy (non-hydrogen) atoms. The van der Waals surface area contributed by atoms with Crippen LogP contribution in [0.2, 0.25) is 0 Å². The van der Waals surface area contributed by atoms with Crippen molar-refractivity contribution in [3.8, 4) is 0 Å². The standard InChI is InChI=1S/C10H21NO3/c1-4-6-10(2,9(12)13)11-7-5-8-14-3/h11H,4-8H2,1-3H3,(H,12,13). The highest BCUT2D eigenvalue weighted by Gasteiger charge is 2.30. The van der Waals surface area contributed by atoms with Gasteiger partial charge in [-0.1, -0.05) is 13.3 Å². The third kappa shape index (κ3) is 4.58. The summed E-state index contributed by atoms with van der Waals surface area (Å²) in [6.07, 6.45) is 2.35. The van der Waals surface area contributed by atoms with E-state index in [0.29, 0.717) is 19.6 Å². The van der Waals surface area contributed by atoms with E-state index in [9.17, 15) is 4.79 Å². The number of nitrogens with one attached hydrogen (secondary N) is 1. The first kappa shape index (κ1) is 13.4. The highest BCUT2D eigenvalue weighted by atomic mass is 16.5. The quantitative estimate of drug-likeness (QED) is 0.583. The molecule has 1 atom stereocenters. The second-order valence-electron chi connectivity index (χ2n) is 3.66. The van der Waals surface area contributed by atoms with Gasteiger partial charge in [0.2, 0.25) is 0 Å². The van der Waals surface area contributed by atoms with E-state index >= 15 is 0 Å². The lowest BCUT2D eigenvalue weighted by atomic mass is 9.96. The molecule has 0 radical (unpaired) electrons. The van der Waals surface area contributed by atoms with E-state index < -0.39 is 11.5 Å². The second kappa shape index (κ2) is 6.79. The van der Waals surface area contributed by atoms with Gasteiger partial charge in [0.25, 0.3) is 0 Å². The summed E-state index contributed by atoms with van der Waals surface area (Å²) in [5.74, 6) is -0.781. The minimum Gasteiger partial charge on any atom is -0.480 e. The Bertz CT molecular complexity index is 173. The molecule has 0 aromatic heterocycles. The Balaban J connectivity index is 3.90. The Morgan fingerprint density at radius 2 is 2.21 bits per heavy atom. The summed E-state index contributed by atoms with van der Waals surface area (Å²) in [6, 6.07) is 0. The van der Waals surface area contributed by atoms with Crippen molar-refractivity contribution in [1.82, 2.24) is 5.32 Å². The molecule has 4 nitrogen and oxygen atoms in total. The Hall–Kier alpha value is -0.610. The maximum Gasteiger partial charge on any atom is 0.323 e. The number of rotatable bonds is 8. The van der Waals surface area contributed by atoms with Crippen LogP contribution in [-0.2, 0) is 9.53 Å². The predicted octanol–water partition coefficient (Wildman–Crippen LogP) is 1.26. The highest BCUT2D eigenvalue weighted by Crippen LogP contribution is 2.12. The summed E-state index contributed by atoms with van der Waals surface area (Å²) < 4.78 is 4.89. The summed E-state index contributed by atoms with van der Waals surface area (Å²) in [7, 11) is 1.64. The number of methoxy groups -OCH3 is 1. The lowest BCUT2D eigenvalue weighted by Gasteiger charge is -2.25. The number of carboxylic acids is 1. The third-order valence-electron chi connectivity index (χ3n) is 2.26. The van der Waals surface area contributed by atoms with Crippen molar-refractivity contribution in [2.75, 3.05) is 20.3 Å². The Labute approximate surface area is 85.6 Å². The molecule has 0 saturated carbocycles. The maximum atomic E-state index is 11.0. The molecule has 0 heterocycles. The Morgan fingerprint density at radius 3 is 2.64 bits per heavy atom. The third-order valence-corrected chi connectivity index (χ3v) is 2.26. The number of hydrogen-bond donors (Lipinski definition) is 2. The molecule has 4 heteroatoms. The van der Waals surface area contributed by atoms with Crippen LogP contribution in [0.15, 0.2) is 0 Å². The molecule has 0 saturated heterocycles. The molecule has 0 aliphatic heterocycles. The minimum atomic E-state index is -0.789. The van der Waals surface area contributed by atoms with E-state index in [2.05, 4.69) is 5.32 Å². The minimum absolute atomic E-state index is 0.648. The van der Waals surface area contributed by atoms with Crippen molar-refractivity contribution in [1.29, 1.82) is 0 Å². The zero-order chi connectivity index (χ0) is 11.0. The maximum absolute atomic E-state index is 11.0. The van der Waals surface area contributed by atoms with Crippen molar-refractivity contribution < 1.29 is 14.6 Å². The average molecular weight is 203 g/mol. The van der Waals surface area contributed by atoms with Gasteiger partial charge >= 0.3 is 5.97 Å². The van der Waals surface area contributed by atoms with E-state index in [4.69, 9.17) is 9.84 Å². The number of aliphatic carboxylic acids is 1.